The van der Waals surface area contributed by atoms with Crippen molar-refractivity contribution < 1.29 is 14.3 Å². The molecule has 0 aliphatic rings. The number of rotatable bonds is 8. The molecule has 2 aromatic carbocycles. The van der Waals surface area contributed by atoms with Crippen LogP contribution in [-0.4, -0.2) is 34.9 Å². The highest BCUT2D eigenvalue weighted by Crippen LogP contribution is 2.26. The zero-order chi connectivity index (χ0) is 23.2. The lowest BCUT2D eigenvalue weighted by Crippen LogP contribution is -2.53. The van der Waals surface area contributed by atoms with Gasteiger partial charge in [-0.25, -0.2) is 0 Å². The standard InChI is InChI=1S/C24H30BrClN2O3/c1-6-17-10-11-21(20(25)13-17)31-15-22(29)28(14-18-8-7-9-19(26)12-18)16(2)23(30)27-24(3,4)5/h7-13,16H,6,14-15H2,1-5H3,(H,27,30). The molecule has 0 aliphatic carbocycles. The first kappa shape index (κ1) is 25.2. The number of benzene rings is 2. The highest BCUT2D eigenvalue weighted by Gasteiger charge is 2.28. The van der Waals surface area contributed by atoms with E-state index in [-0.39, 0.29) is 25.0 Å². The number of hydrogen-bond donors (Lipinski definition) is 1. The average Bonchev–Trinajstić information content (AvgIpc) is 2.69. The lowest BCUT2D eigenvalue weighted by atomic mass is 10.1. The Balaban J connectivity index is 2.19. The minimum atomic E-state index is -0.680. The molecule has 0 heterocycles. The van der Waals surface area contributed by atoms with E-state index >= 15 is 0 Å². The quantitative estimate of drug-likeness (QED) is 0.520. The summed E-state index contributed by atoms with van der Waals surface area (Å²) in [4.78, 5) is 27.4. The van der Waals surface area contributed by atoms with E-state index in [0.717, 1.165) is 16.5 Å². The molecule has 0 aromatic heterocycles. The third kappa shape index (κ3) is 7.86. The van der Waals surface area contributed by atoms with Gasteiger partial charge in [0.05, 0.1) is 4.47 Å². The molecule has 1 N–H and O–H groups in total. The Morgan fingerprint density at radius 1 is 1.16 bits per heavy atom. The van der Waals surface area contributed by atoms with Gasteiger partial charge in [-0.05, 0) is 85.4 Å². The number of aryl methyl sites for hydroxylation is 1. The fourth-order valence-electron chi connectivity index (χ4n) is 2.99. The maximum atomic E-state index is 13.1. The Labute approximate surface area is 198 Å². The lowest BCUT2D eigenvalue weighted by Gasteiger charge is -2.31. The van der Waals surface area contributed by atoms with Crippen molar-refractivity contribution in [3.05, 3.63) is 63.1 Å². The van der Waals surface area contributed by atoms with Crippen LogP contribution in [0, 0.1) is 0 Å². The normalized spacial score (nSPS) is 12.2. The molecule has 0 radical (unpaired) electrons. The number of carbonyl (C=O) groups is 2. The third-order valence-electron chi connectivity index (χ3n) is 4.66. The molecule has 7 heteroatoms. The molecular formula is C24H30BrClN2O3. The van der Waals surface area contributed by atoms with E-state index in [2.05, 4.69) is 28.2 Å². The van der Waals surface area contributed by atoms with Crippen LogP contribution >= 0.6 is 27.5 Å². The van der Waals surface area contributed by atoms with E-state index in [9.17, 15) is 9.59 Å². The first-order valence-electron chi connectivity index (χ1n) is 10.3. The number of carbonyl (C=O) groups excluding carboxylic acids is 2. The van der Waals surface area contributed by atoms with Crippen LogP contribution in [0.2, 0.25) is 5.02 Å². The first-order chi connectivity index (χ1) is 14.5. The van der Waals surface area contributed by atoms with Crippen molar-refractivity contribution in [1.29, 1.82) is 0 Å². The molecule has 168 valence electrons. The van der Waals surface area contributed by atoms with Gasteiger partial charge in [-0.1, -0.05) is 36.7 Å². The van der Waals surface area contributed by atoms with Crippen LogP contribution in [0.5, 0.6) is 5.75 Å². The Hall–Kier alpha value is -2.05. The second-order valence-electron chi connectivity index (χ2n) is 8.47. The van der Waals surface area contributed by atoms with Crippen molar-refractivity contribution in [2.24, 2.45) is 0 Å². The number of halogens is 2. The second-order valence-corrected chi connectivity index (χ2v) is 9.76. The molecule has 2 aromatic rings. The summed E-state index contributed by atoms with van der Waals surface area (Å²) >= 11 is 9.60. The summed E-state index contributed by atoms with van der Waals surface area (Å²) in [6, 6.07) is 12.4. The van der Waals surface area contributed by atoms with Crippen LogP contribution < -0.4 is 10.1 Å². The maximum absolute atomic E-state index is 13.1. The van der Waals surface area contributed by atoms with E-state index in [4.69, 9.17) is 16.3 Å². The Morgan fingerprint density at radius 2 is 1.87 bits per heavy atom. The summed E-state index contributed by atoms with van der Waals surface area (Å²) in [5.41, 5.74) is 1.60. The number of nitrogens with zero attached hydrogens (tertiary/aromatic N) is 1. The summed E-state index contributed by atoms with van der Waals surface area (Å²) in [5, 5.41) is 3.52. The predicted octanol–water partition coefficient (Wildman–Crippen LogP) is 5.38. The highest BCUT2D eigenvalue weighted by molar-refractivity contribution is 9.10. The van der Waals surface area contributed by atoms with E-state index in [1.165, 1.54) is 10.5 Å². The average molecular weight is 510 g/mol. The number of ether oxygens (including phenoxy) is 1. The lowest BCUT2D eigenvalue weighted by molar-refractivity contribution is -0.142. The molecule has 0 saturated carbocycles. The van der Waals surface area contributed by atoms with Crippen molar-refractivity contribution in [2.75, 3.05) is 6.61 Å². The fourth-order valence-corrected chi connectivity index (χ4v) is 3.75. The first-order valence-corrected chi connectivity index (χ1v) is 11.4. The van der Waals surface area contributed by atoms with Gasteiger partial charge in [-0.15, -0.1) is 0 Å². The molecule has 0 aliphatic heterocycles. The second kappa shape index (κ2) is 11.0. The zero-order valence-electron chi connectivity index (χ0n) is 18.7. The summed E-state index contributed by atoms with van der Waals surface area (Å²) in [5.74, 6) is 0.0689. The summed E-state index contributed by atoms with van der Waals surface area (Å²) in [6.07, 6.45) is 0.908. The molecule has 31 heavy (non-hydrogen) atoms. The summed E-state index contributed by atoms with van der Waals surface area (Å²) in [7, 11) is 0. The third-order valence-corrected chi connectivity index (χ3v) is 5.52. The molecule has 1 unspecified atom stereocenters. The maximum Gasteiger partial charge on any atom is 0.261 e. The molecule has 0 bridgehead atoms. The van der Waals surface area contributed by atoms with Crippen LogP contribution in [0.4, 0.5) is 0 Å². The van der Waals surface area contributed by atoms with Crippen LogP contribution in [0.3, 0.4) is 0 Å². The summed E-state index contributed by atoms with van der Waals surface area (Å²) < 4.78 is 6.57. The van der Waals surface area contributed by atoms with Gasteiger partial charge in [0.25, 0.3) is 5.91 Å². The van der Waals surface area contributed by atoms with Gasteiger partial charge >= 0.3 is 0 Å². The van der Waals surface area contributed by atoms with E-state index < -0.39 is 11.6 Å². The predicted molar refractivity (Wildman–Crippen MR) is 128 cm³/mol. The van der Waals surface area contributed by atoms with Crippen molar-refractivity contribution in [3.63, 3.8) is 0 Å². The Kier molecular flexibility index (Phi) is 8.95. The minimum absolute atomic E-state index is 0.183. The van der Waals surface area contributed by atoms with E-state index in [1.807, 2.05) is 51.1 Å². The van der Waals surface area contributed by atoms with Crippen molar-refractivity contribution in [1.82, 2.24) is 10.2 Å². The smallest absolute Gasteiger partial charge is 0.261 e. The number of nitrogens with one attached hydrogen (secondary N) is 1. The van der Waals surface area contributed by atoms with Crippen molar-refractivity contribution in [2.45, 2.75) is 59.2 Å². The number of amides is 2. The van der Waals surface area contributed by atoms with Crippen LogP contribution in [0.1, 0.15) is 45.7 Å². The Bertz CT molecular complexity index is 927. The number of hydrogen-bond acceptors (Lipinski definition) is 3. The van der Waals surface area contributed by atoms with Crippen LogP contribution in [-0.2, 0) is 22.6 Å². The minimum Gasteiger partial charge on any atom is -0.483 e. The van der Waals surface area contributed by atoms with Gasteiger partial charge in [0.15, 0.2) is 6.61 Å². The molecule has 0 saturated heterocycles. The summed E-state index contributed by atoms with van der Waals surface area (Å²) in [6.45, 7) is 9.57. The monoisotopic (exact) mass is 508 g/mol. The molecule has 5 nitrogen and oxygen atoms in total. The van der Waals surface area contributed by atoms with Gasteiger partial charge in [0.2, 0.25) is 5.91 Å². The van der Waals surface area contributed by atoms with Gasteiger partial charge in [0, 0.05) is 17.1 Å². The molecule has 0 fully saturated rings. The van der Waals surface area contributed by atoms with Gasteiger partial charge in [-0.3, -0.25) is 9.59 Å². The molecule has 1 atom stereocenters. The van der Waals surface area contributed by atoms with Gasteiger partial charge in [-0.2, -0.15) is 0 Å². The Morgan fingerprint density at radius 3 is 2.45 bits per heavy atom. The van der Waals surface area contributed by atoms with Gasteiger partial charge in [0.1, 0.15) is 11.8 Å². The highest BCUT2D eigenvalue weighted by atomic mass is 79.9. The zero-order valence-corrected chi connectivity index (χ0v) is 21.0. The largest absolute Gasteiger partial charge is 0.483 e. The van der Waals surface area contributed by atoms with Crippen LogP contribution in [0.15, 0.2) is 46.9 Å². The van der Waals surface area contributed by atoms with Gasteiger partial charge < -0.3 is 15.0 Å². The van der Waals surface area contributed by atoms with E-state index in [1.54, 1.807) is 19.1 Å². The SMILES string of the molecule is CCc1ccc(OCC(=O)N(Cc2cccc(Cl)c2)C(C)C(=O)NC(C)(C)C)c(Br)c1. The fraction of sp³-hybridized carbons (Fsp3) is 0.417. The van der Waals surface area contributed by atoms with Crippen LogP contribution in [0.25, 0.3) is 0 Å². The molecule has 0 spiro atoms. The topological polar surface area (TPSA) is 58.6 Å². The van der Waals surface area contributed by atoms with E-state index in [0.29, 0.717) is 10.8 Å². The van der Waals surface area contributed by atoms with Crippen molar-refractivity contribution >= 4 is 39.3 Å². The molecular weight excluding hydrogens is 480 g/mol. The molecule has 2 amide bonds. The van der Waals surface area contributed by atoms with Crippen molar-refractivity contribution in [3.8, 4) is 5.75 Å². The molecule has 2 rings (SSSR count).